The van der Waals surface area contributed by atoms with Crippen molar-refractivity contribution < 1.29 is 9.90 Å². The molecule has 152 valence electrons. The highest BCUT2D eigenvalue weighted by molar-refractivity contribution is 7.20. The lowest BCUT2D eigenvalue weighted by molar-refractivity contribution is 0.0984. The number of aliphatic hydroxyl groups excluding tert-OH is 1. The molecule has 3 aromatic rings. The molecule has 3 heterocycles. The Morgan fingerprint density at radius 2 is 1.86 bits per heavy atom. The Labute approximate surface area is 174 Å². The minimum Gasteiger partial charge on any atom is -0.395 e. The fourth-order valence-electron chi connectivity index (χ4n) is 3.94. The molecule has 0 saturated carbocycles. The first kappa shape index (κ1) is 19.8. The van der Waals surface area contributed by atoms with Gasteiger partial charge in [-0.15, -0.1) is 11.3 Å². The number of fused-ring (bicyclic) bond motifs is 1. The number of aromatic nitrogens is 2. The molecule has 0 spiro atoms. The summed E-state index contributed by atoms with van der Waals surface area (Å²) in [5.41, 5.74) is 1.70. The molecule has 1 aromatic carbocycles. The Kier molecular flexibility index (Phi) is 5.78. The van der Waals surface area contributed by atoms with E-state index in [1.807, 2.05) is 44.2 Å². The lowest BCUT2D eigenvalue weighted by atomic mass is 10.1. The van der Waals surface area contributed by atoms with Crippen LogP contribution in [0.4, 0.5) is 11.5 Å². The van der Waals surface area contributed by atoms with Crippen molar-refractivity contribution in [1.29, 1.82) is 0 Å². The van der Waals surface area contributed by atoms with Gasteiger partial charge in [-0.1, -0.05) is 18.2 Å². The highest BCUT2D eigenvalue weighted by Crippen LogP contribution is 2.37. The maximum absolute atomic E-state index is 13.5. The lowest BCUT2D eigenvalue weighted by Crippen LogP contribution is -2.33. The summed E-state index contributed by atoms with van der Waals surface area (Å²) in [6.07, 6.45) is 3.58. The predicted octanol–water partition coefficient (Wildman–Crippen LogP) is 3.94. The van der Waals surface area contributed by atoms with Crippen molar-refractivity contribution in [2.75, 3.05) is 36.0 Å². The number of piperidine rings is 1. The number of hydrogen-bond donors (Lipinski definition) is 1. The van der Waals surface area contributed by atoms with Gasteiger partial charge in [-0.05, 0) is 50.8 Å². The molecule has 6 nitrogen and oxygen atoms in total. The van der Waals surface area contributed by atoms with E-state index in [2.05, 4.69) is 9.88 Å². The van der Waals surface area contributed by atoms with Gasteiger partial charge in [-0.2, -0.15) is 0 Å². The number of benzene rings is 1. The Morgan fingerprint density at radius 1 is 1.14 bits per heavy atom. The molecule has 1 saturated heterocycles. The molecular formula is C22H26N4O2S. The zero-order valence-electron chi connectivity index (χ0n) is 16.9. The van der Waals surface area contributed by atoms with Crippen molar-refractivity contribution in [2.24, 2.45) is 0 Å². The molecule has 0 atom stereocenters. The number of anilines is 2. The summed E-state index contributed by atoms with van der Waals surface area (Å²) in [6, 6.07) is 9.49. The number of amides is 1. The van der Waals surface area contributed by atoms with Crippen LogP contribution in [0.3, 0.4) is 0 Å². The Bertz CT molecular complexity index is 1010. The molecule has 1 fully saturated rings. The summed E-state index contributed by atoms with van der Waals surface area (Å²) < 4.78 is 0. The third-order valence-electron chi connectivity index (χ3n) is 5.37. The van der Waals surface area contributed by atoms with E-state index in [1.165, 1.54) is 17.8 Å². The monoisotopic (exact) mass is 410 g/mol. The number of rotatable bonds is 5. The van der Waals surface area contributed by atoms with Gasteiger partial charge in [0.25, 0.3) is 5.91 Å². The van der Waals surface area contributed by atoms with Crippen molar-refractivity contribution in [1.82, 2.24) is 9.97 Å². The standard InChI is InChI=1S/C22H26N4O2S/c1-15-18-20(25-11-7-4-8-12-25)23-16(2)24-21(18)29-19(15)22(28)26(13-14-27)17-9-5-3-6-10-17/h3,5-6,9-10,27H,4,7-8,11-14H2,1-2H3. The smallest absolute Gasteiger partial charge is 0.268 e. The summed E-state index contributed by atoms with van der Waals surface area (Å²) in [4.78, 5) is 28.3. The Balaban J connectivity index is 1.79. The van der Waals surface area contributed by atoms with E-state index in [0.717, 1.165) is 59.0 Å². The van der Waals surface area contributed by atoms with Crippen LogP contribution in [-0.2, 0) is 0 Å². The van der Waals surface area contributed by atoms with Crippen LogP contribution in [-0.4, -0.2) is 47.2 Å². The first-order valence-corrected chi connectivity index (χ1v) is 10.9. The lowest BCUT2D eigenvalue weighted by Gasteiger charge is -2.28. The highest BCUT2D eigenvalue weighted by Gasteiger charge is 2.26. The Morgan fingerprint density at radius 3 is 2.55 bits per heavy atom. The van der Waals surface area contributed by atoms with Crippen LogP contribution < -0.4 is 9.80 Å². The molecule has 1 N–H and O–H groups in total. The van der Waals surface area contributed by atoms with Gasteiger partial charge >= 0.3 is 0 Å². The third-order valence-corrected chi connectivity index (χ3v) is 6.54. The van der Waals surface area contributed by atoms with E-state index in [1.54, 1.807) is 4.90 Å². The third kappa shape index (κ3) is 3.84. The number of para-hydroxylation sites is 1. The van der Waals surface area contributed by atoms with Gasteiger partial charge in [0.05, 0.1) is 16.9 Å². The topological polar surface area (TPSA) is 69.6 Å². The number of aryl methyl sites for hydroxylation is 2. The molecule has 29 heavy (non-hydrogen) atoms. The van der Waals surface area contributed by atoms with Crippen molar-refractivity contribution in [3.8, 4) is 0 Å². The molecule has 0 radical (unpaired) electrons. The molecule has 1 aliphatic heterocycles. The molecule has 1 amide bonds. The van der Waals surface area contributed by atoms with Gasteiger partial charge in [0, 0.05) is 25.3 Å². The maximum Gasteiger partial charge on any atom is 0.268 e. The van der Waals surface area contributed by atoms with E-state index >= 15 is 0 Å². The summed E-state index contributed by atoms with van der Waals surface area (Å²) in [5, 5.41) is 10.5. The summed E-state index contributed by atoms with van der Waals surface area (Å²) in [7, 11) is 0. The van der Waals surface area contributed by atoms with Crippen LogP contribution >= 0.6 is 11.3 Å². The molecular weight excluding hydrogens is 384 g/mol. The minimum absolute atomic E-state index is 0.0947. The van der Waals surface area contributed by atoms with Gasteiger partial charge < -0.3 is 14.9 Å². The molecule has 0 bridgehead atoms. The van der Waals surface area contributed by atoms with E-state index in [9.17, 15) is 9.90 Å². The second kappa shape index (κ2) is 8.47. The van der Waals surface area contributed by atoms with Gasteiger partial charge in [0.1, 0.15) is 16.5 Å². The zero-order chi connectivity index (χ0) is 20.4. The van der Waals surface area contributed by atoms with Gasteiger partial charge in [0.2, 0.25) is 0 Å². The van der Waals surface area contributed by atoms with Crippen molar-refractivity contribution >= 4 is 39.0 Å². The van der Waals surface area contributed by atoms with E-state index in [0.29, 0.717) is 4.88 Å². The second-order valence-corrected chi connectivity index (χ2v) is 8.39. The first-order valence-electron chi connectivity index (χ1n) is 10.1. The fourth-order valence-corrected chi connectivity index (χ4v) is 5.11. The molecule has 4 rings (SSSR count). The molecule has 0 aliphatic carbocycles. The van der Waals surface area contributed by atoms with Crippen LogP contribution in [0, 0.1) is 13.8 Å². The quantitative estimate of drug-likeness (QED) is 0.690. The van der Waals surface area contributed by atoms with Gasteiger partial charge in [-0.3, -0.25) is 4.79 Å². The van der Waals surface area contributed by atoms with Crippen LogP contribution in [0.1, 0.15) is 40.3 Å². The Hall–Kier alpha value is -2.51. The number of carbonyl (C=O) groups is 1. The average molecular weight is 411 g/mol. The number of nitrogens with zero attached hydrogens (tertiary/aromatic N) is 4. The predicted molar refractivity (Wildman–Crippen MR) is 118 cm³/mol. The van der Waals surface area contributed by atoms with E-state index < -0.39 is 0 Å². The van der Waals surface area contributed by atoms with Crippen molar-refractivity contribution in [2.45, 2.75) is 33.1 Å². The number of hydrogen-bond acceptors (Lipinski definition) is 6. The molecule has 7 heteroatoms. The average Bonchev–Trinajstić information content (AvgIpc) is 3.08. The molecule has 2 aromatic heterocycles. The van der Waals surface area contributed by atoms with Crippen LogP contribution in [0.5, 0.6) is 0 Å². The van der Waals surface area contributed by atoms with Crippen LogP contribution in [0.15, 0.2) is 30.3 Å². The maximum atomic E-state index is 13.5. The van der Waals surface area contributed by atoms with Gasteiger partial charge in [-0.25, -0.2) is 9.97 Å². The largest absolute Gasteiger partial charge is 0.395 e. The number of carbonyl (C=O) groups excluding carboxylic acids is 1. The van der Waals surface area contributed by atoms with Crippen LogP contribution in [0.2, 0.25) is 0 Å². The van der Waals surface area contributed by atoms with Crippen LogP contribution in [0.25, 0.3) is 10.2 Å². The number of thiophene rings is 1. The normalized spacial score (nSPS) is 14.4. The van der Waals surface area contributed by atoms with Crippen molar-refractivity contribution in [3.63, 3.8) is 0 Å². The molecule has 1 aliphatic rings. The minimum atomic E-state index is -0.104. The summed E-state index contributed by atoms with van der Waals surface area (Å²) in [5.74, 6) is 1.58. The van der Waals surface area contributed by atoms with E-state index in [4.69, 9.17) is 4.98 Å². The summed E-state index contributed by atoms with van der Waals surface area (Å²) >= 11 is 1.42. The molecule has 0 unspecified atom stereocenters. The first-order chi connectivity index (χ1) is 14.1. The summed E-state index contributed by atoms with van der Waals surface area (Å²) in [6.45, 7) is 6.03. The number of aliphatic hydroxyl groups is 1. The fraction of sp³-hybridized carbons (Fsp3) is 0.409. The second-order valence-electron chi connectivity index (χ2n) is 7.39. The van der Waals surface area contributed by atoms with Gasteiger partial charge in [0.15, 0.2) is 0 Å². The van der Waals surface area contributed by atoms with E-state index in [-0.39, 0.29) is 19.1 Å². The highest BCUT2D eigenvalue weighted by atomic mass is 32.1. The SMILES string of the molecule is Cc1nc(N2CCCCC2)c2c(C)c(C(=O)N(CCO)c3ccccc3)sc2n1. The zero-order valence-corrected chi connectivity index (χ0v) is 17.7. The van der Waals surface area contributed by atoms with Crippen molar-refractivity contribution in [3.05, 3.63) is 46.6 Å².